The predicted octanol–water partition coefficient (Wildman–Crippen LogP) is 0.687. The molecule has 0 aromatic carbocycles. The molecule has 0 saturated carbocycles. The van der Waals surface area contributed by atoms with Gasteiger partial charge in [0.25, 0.3) is 5.56 Å². The second-order valence-electron chi connectivity index (χ2n) is 5.37. The number of nitrogens with one attached hydrogen (secondary N) is 1. The summed E-state index contributed by atoms with van der Waals surface area (Å²) in [6, 6.07) is 4.61. The summed E-state index contributed by atoms with van der Waals surface area (Å²) in [7, 11) is 0. The third-order valence-electron chi connectivity index (χ3n) is 3.77. The molecule has 2 aromatic rings. The molecule has 0 atom stereocenters. The van der Waals surface area contributed by atoms with E-state index >= 15 is 0 Å². The topological polar surface area (TPSA) is 105 Å². The molecule has 1 aliphatic heterocycles. The van der Waals surface area contributed by atoms with Gasteiger partial charge in [-0.15, -0.1) is 0 Å². The van der Waals surface area contributed by atoms with E-state index in [9.17, 15) is 9.59 Å². The standard InChI is InChI=1S/C15H18N6O2/c16-15(23)19-17-10-11-13(20-7-3-1-4-8-20)18-12-6-2-5-9-21(12)14(11)22/h2,5-6,9-10H,1,3-4,7-8H2,(H3,16,19,23)/b17-10+. The minimum atomic E-state index is -0.783. The van der Waals surface area contributed by atoms with Crippen molar-refractivity contribution >= 4 is 23.7 Å². The number of carbonyl (C=O) groups is 1. The van der Waals surface area contributed by atoms with Crippen molar-refractivity contribution in [2.45, 2.75) is 19.3 Å². The minimum absolute atomic E-state index is 0.230. The molecule has 8 heteroatoms. The molecule has 0 aliphatic carbocycles. The van der Waals surface area contributed by atoms with Crippen molar-refractivity contribution < 1.29 is 4.79 Å². The van der Waals surface area contributed by atoms with E-state index in [-0.39, 0.29) is 5.56 Å². The number of urea groups is 1. The molecular formula is C15H18N6O2. The number of piperidine rings is 1. The molecule has 3 N–H and O–H groups in total. The summed E-state index contributed by atoms with van der Waals surface area (Å²) >= 11 is 0. The van der Waals surface area contributed by atoms with Gasteiger partial charge in [-0.25, -0.2) is 15.2 Å². The number of rotatable bonds is 3. The van der Waals surface area contributed by atoms with Crippen LogP contribution in [-0.2, 0) is 0 Å². The van der Waals surface area contributed by atoms with Crippen LogP contribution in [0, 0.1) is 0 Å². The first-order valence-corrected chi connectivity index (χ1v) is 7.51. The maximum Gasteiger partial charge on any atom is 0.332 e. The number of nitrogens with two attached hydrogens (primary N) is 1. The Balaban J connectivity index is 2.12. The van der Waals surface area contributed by atoms with Gasteiger partial charge in [0.1, 0.15) is 17.0 Å². The molecular weight excluding hydrogens is 296 g/mol. The second kappa shape index (κ2) is 6.47. The van der Waals surface area contributed by atoms with E-state index in [1.54, 1.807) is 18.3 Å². The van der Waals surface area contributed by atoms with Crippen LogP contribution in [0.1, 0.15) is 24.8 Å². The van der Waals surface area contributed by atoms with Crippen molar-refractivity contribution in [3.8, 4) is 0 Å². The highest BCUT2D eigenvalue weighted by molar-refractivity contribution is 5.87. The number of pyridine rings is 1. The Morgan fingerprint density at radius 1 is 1.30 bits per heavy atom. The second-order valence-corrected chi connectivity index (χ2v) is 5.37. The number of hydrazone groups is 1. The zero-order valence-electron chi connectivity index (χ0n) is 12.6. The Kier molecular flexibility index (Phi) is 4.22. The molecule has 2 amide bonds. The first kappa shape index (κ1) is 15.0. The van der Waals surface area contributed by atoms with Crippen molar-refractivity contribution in [3.63, 3.8) is 0 Å². The van der Waals surface area contributed by atoms with E-state index in [0.29, 0.717) is 17.0 Å². The number of fused-ring (bicyclic) bond motifs is 1. The molecule has 1 fully saturated rings. The van der Waals surface area contributed by atoms with E-state index in [0.717, 1.165) is 25.9 Å². The molecule has 0 spiro atoms. The van der Waals surface area contributed by atoms with Gasteiger partial charge in [-0.2, -0.15) is 5.10 Å². The lowest BCUT2D eigenvalue weighted by Gasteiger charge is -2.28. The number of primary amides is 1. The largest absolute Gasteiger partial charge is 0.356 e. The summed E-state index contributed by atoms with van der Waals surface area (Å²) < 4.78 is 1.46. The van der Waals surface area contributed by atoms with Crippen molar-refractivity contribution in [3.05, 3.63) is 40.3 Å². The average Bonchev–Trinajstić information content (AvgIpc) is 2.57. The Bertz CT molecular complexity index is 807. The Labute approximate surface area is 132 Å². The van der Waals surface area contributed by atoms with Gasteiger partial charge in [0.15, 0.2) is 0 Å². The normalized spacial score (nSPS) is 15.2. The maximum absolute atomic E-state index is 12.7. The number of anilines is 1. The number of nitrogens with zero attached hydrogens (tertiary/aromatic N) is 4. The van der Waals surface area contributed by atoms with Gasteiger partial charge in [-0.3, -0.25) is 9.20 Å². The fourth-order valence-electron chi connectivity index (χ4n) is 2.71. The highest BCUT2D eigenvalue weighted by Crippen LogP contribution is 2.19. The average molecular weight is 314 g/mol. The molecule has 8 nitrogen and oxygen atoms in total. The molecule has 120 valence electrons. The van der Waals surface area contributed by atoms with E-state index in [2.05, 4.69) is 20.4 Å². The van der Waals surface area contributed by atoms with Gasteiger partial charge >= 0.3 is 6.03 Å². The Hall–Kier alpha value is -2.90. The monoisotopic (exact) mass is 314 g/mol. The number of hydrogen-bond donors (Lipinski definition) is 2. The number of aromatic nitrogens is 2. The molecule has 0 unspecified atom stereocenters. The van der Waals surface area contributed by atoms with Gasteiger partial charge in [0.05, 0.1) is 6.21 Å². The van der Waals surface area contributed by atoms with E-state index in [1.165, 1.54) is 17.0 Å². The van der Waals surface area contributed by atoms with Crippen LogP contribution in [0.15, 0.2) is 34.3 Å². The molecule has 0 radical (unpaired) electrons. The number of amides is 2. The fraction of sp³-hybridized carbons (Fsp3) is 0.333. The van der Waals surface area contributed by atoms with Crippen LogP contribution in [0.4, 0.5) is 10.6 Å². The quantitative estimate of drug-likeness (QED) is 0.642. The SMILES string of the molecule is NC(=O)N/N=C/c1c(N2CCCCC2)nc2ccccn2c1=O. The van der Waals surface area contributed by atoms with Crippen molar-refractivity contribution in [1.29, 1.82) is 0 Å². The van der Waals surface area contributed by atoms with E-state index in [1.807, 2.05) is 6.07 Å². The lowest BCUT2D eigenvalue weighted by molar-refractivity contribution is 0.249. The third kappa shape index (κ3) is 3.15. The third-order valence-corrected chi connectivity index (χ3v) is 3.77. The smallest absolute Gasteiger partial charge is 0.332 e. The summed E-state index contributed by atoms with van der Waals surface area (Å²) in [4.78, 5) is 30.2. The summed E-state index contributed by atoms with van der Waals surface area (Å²) in [6.45, 7) is 1.69. The van der Waals surface area contributed by atoms with Gasteiger partial charge in [0, 0.05) is 19.3 Å². The number of hydrogen-bond acceptors (Lipinski definition) is 5. The van der Waals surface area contributed by atoms with Crippen LogP contribution >= 0.6 is 0 Å². The molecule has 2 aromatic heterocycles. The van der Waals surface area contributed by atoms with Crippen LogP contribution in [0.5, 0.6) is 0 Å². The Morgan fingerprint density at radius 2 is 2.09 bits per heavy atom. The number of carbonyl (C=O) groups excluding carboxylic acids is 1. The predicted molar refractivity (Wildman–Crippen MR) is 87.8 cm³/mol. The van der Waals surface area contributed by atoms with Crippen LogP contribution in [-0.4, -0.2) is 34.7 Å². The highest BCUT2D eigenvalue weighted by Gasteiger charge is 2.19. The minimum Gasteiger partial charge on any atom is -0.356 e. The molecule has 1 aliphatic rings. The fourth-order valence-corrected chi connectivity index (χ4v) is 2.71. The van der Waals surface area contributed by atoms with Crippen LogP contribution < -0.4 is 21.6 Å². The first-order chi connectivity index (χ1) is 11.2. The van der Waals surface area contributed by atoms with Crippen LogP contribution in [0.25, 0.3) is 5.65 Å². The van der Waals surface area contributed by atoms with Crippen LogP contribution in [0.3, 0.4) is 0 Å². The van der Waals surface area contributed by atoms with E-state index < -0.39 is 6.03 Å². The van der Waals surface area contributed by atoms with Gasteiger partial charge in [-0.1, -0.05) is 6.07 Å². The molecule has 1 saturated heterocycles. The summed E-state index contributed by atoms with van der Waals surface area (Å²) in [5, 5.41) is 3.73. The molecule has 0 bridgehead atoms. The highest BCUT2D eigenvalue weighted by atomic mass is 16.2. The first-order valence-electron chi connectivity index (χ1n) is 7.51. The lowest BCUT2D eigenvalue weighted by atomic mass is 10.1. The Morgan fingerprint density at radius 3 is 2.83 bits per heavy atom. The van der Waals surface area contributed by atoms with Gasteiger partial charge in [-0.05, 0) is 31.4 Å². The van der Waals surface area contributed by atoms with Gasteiger partial charge in [0.2, 0.25) is 0 Å². The summed E-state index contributed by atoms with van der Waals surface area (Å²) in [6.07, 6.45) is 6.26. The molecule has 3 rings (SSSR count). The summed E-state index contributed by atoms with van der Waals surface area (Å²) in [5.41, 5.74) is 7.79. The van der Waals surface area contributed by atoms with Crippen molar-refractivity contribution in [1.82, 2.24) is 14.8 Å². The zero-order valence-corrected chi connectivity index (χ0v) is 12.6. The van der Waals surface area contributed by atoms with Crippen LogP contribution in [0.2, 0.25) is 0 Å². The maximum atomic E-state index is 12.7. The van der Waals surface area contributed by atoms with E-state index in [4.69, 9.17) is 5.73 Å². The molecule has 3 heterocycles. The van der Waals surface area contributed by atoms with Crippen molar-refractivity contribution in [2.24, 2.45) is 10.8 Å². The lowest BCUT2D eigenvalue weighted by Crippen LogP contribution is -2.34. The zero-order chi connectivity index (χ0) is 16.2. The molecule has 23 heavy (non-hydrogen) atoms. The summed E-state index contributed by atoms with van der Waals surface area (Å²) in [5.74, 6) is 0.593. The van der Waals surface area contributed by atoms with Gasteiger partial charge < -0.3 is 10.6 Å². The van der Waals surface area contributed by atoms with Crippen molar-refractivity contribution in [2.75, 3.05) is 18.0 Å².